The SMILES string of the molecule is CC1CCN(C(=O)C2CCN(S(=O)(=O)c3cc(C(=O)N4CCOCC4)cs3)CC2)CC1. The highest BCUT2D eigenvalue weighted by Gasteiger charge is 2.35. The van der Waals surface area contributed by atoms with Crippen molar-refractivity contribution >= 4 is 33.2 Å². The van der Waals surface area contributed by atoms with Crippen molar-refractivity contribution in [1.82, 2.24) is 14.1 Å². The predicted octanol–water partition coefficient (Wildman–Crippen LogP) is 1.88. The second kappa shape index (κ2) is 9.56. The molecule has 0 N–H and O–H groups in total. The largest absolute Gasteiger partial charge is 0.378 e. The molecular weight excluding hydrogens is 438 g/mol. The molecule has 2 amide bonds. The molecule has 31 heavy (non-hydrogen) atoms. The molecule has 0 aromatic carbocycles. The number of nitrogens with zero attached hydrogens (tertiary/aromatic N) is 3. The average Bonchev–Trinajstić information content (AvgIpc) is 3.30. The number of piperidine rings is 2. The summed E-state index contributed by atoms with van der Waals surface area (Å²) in [6, 6.07) is 1.49. The van der Waals surface area contributed by atoms with Crippen LogP contribution >= 0.6 is 11.3 Å². The first-order valence-electron chi connectivity index (χ1n) is 11.1. The van der Waals surface area contributed by atoms with Gasteiger partial charge in [0.1, 0.15) is 4.21 Å². The van der Waals surface area contributed by atoms with Crippen LogP contribution in [-0.4, -0.2) is 86.8 Å². The van der Waals surface area contributed by atoms with Gasteiger partial charge in [0, 0.05) is 50.6 Å². The van der Waals surface area contributed by atoms with Gasteiger partial charge in [-0.1, -0.05) is 6.92 Å². The van der Waals surface area contributed by atoms with Crippen LogP contribution in [0.1, 0.15) is 43.0 Å². The van der Waals surface area contributed by atoms with Gasteiger partial charge < -0.3 is 14.5 Å². The van der Waals surface area contributed by atoms with E-state index in [0.29, 0.717) is 63.7 Å². The summed E-state index contributed by atoms with van der Waals surface area (Å²) in [5, 5.41) is 1.62. The summed E-state index contributed by atoms with van der Waals surface area (Å²) in [5.41, 5.74) is 0.412. The minimum absolute atomic E-state index is 0.0957. The molecule has 0 saturated carbocycles. The first-order chi connectivity index (χ1) is 14.9. The number of rotatable bonds is 4. The van der Waals surface area contributed by atoms with E-state index in [0.717, 1.165) is 37.3 Å². The van der Waals surface area contributed by atoms with Crippen LogP contribution < -0.4 is 0 Å². The van der Waals surface area contributed by atoms with Crippen molar-refractivity contribution in [1.29, 1.82) is 0 Å². The van der Waals surface area contributed by atoms with Crippen LogP contribution in [0, 0.1) is 11.8 Å². The Morgan fingerprint density at radius 3 is 2.26 bits per heavy atom. The maximum absolute atomic E-state index is 13.1. The van der Waals surface area contributed by atoms with Gasteiger partial charge in [-0.25, -0.2) is 8.42 Å². The standard InChI is InChI=1S/C21H31N3O5S2/c1-16-2-6-22(7-3-16)20(25)17-4-8-24(9-5-17)31(27,28)19-14-18(15-30-19)21(26)23-10-12-29-13-11-23/h14-17H,2-13H2,1H3. The second-order valence-electron chi connectivity index (χ2n) is 8.75. The molecule has 10 heteroatoms. The summed E-state index contributed by atoms with van der Waals surface area (Å²) >= 11 is 1.09. The number of sulfonamides is 1. The fourth-order valence-corrected chi connectivity index (χ4v) is 7.25. The van der Waals surface area contributed by atoms with Crippen molar-refractivity contribution in [3.63, 3.8) is 0 Å². The fourth-order valence-electron chi connectivity index (χ4n) is 4.47. The zero-order valence-electron chi connectivity index (χ0n) is 18.0. The molecule has 0 atom stereocenters. The van der Waals surface area contributed by atoms with E-state index in [9.17, 15) is 18.0 Å². The summed E-state index contributed by atoms with van der Waals surface area (Å²) in [6.45, 7) is 6.58. The lowest BCUT2D eigenvalue weighted by molar-refractivity contribution is -0.138. The number of ether oxygens (including phenoxy) is 1. The molecule has 3 saturated heterocycles. The first kappa shape index (κ1) is 22.7. The zero-order valence-corrected chi connectivity index (χ0v) is 19.6. The Bertz CT molecular complexity index is 894. The number of thiophene rings is 1. The van der Waals surface area contributed by atoms with Crippen LogP contribution in [0.5, 0.6) is 0 Å². The van der Waals surface area contributed by atoms with Gasteiger partial charge in [-0.2, -0.15) is 4.31 Å². The number of carbonyl (C=O) groups excluding carboxylic acids is 2. The maximum atomic E-state index is 13.1. The normalized spacial score (nSPS) is 22.6. The smallest absolute Gasteiger partial charge is 0.254 e. The number of hydrogen-bond donors (Lipinski definition) is 0. The van der Waals surface area contributed by atoms with Crippen LogP contribution in [0.4, 0.5) is 0 Å². The molecule has 1 aromatic rings. The van der Waals surface area contributed by atoms with Gasteiger partial charge in [-0.15, -0.1) is 11.3 Å². The number of amides is 2. The number of likely N-dealkylation sites (tertiary alicyclic amines) is 1. The van der Waals surface area contributed by atoms with Crippen molar-refractivity contribution in [2.45, 2.75) is 36.8 Å². The van der Waals surface area contributed by atoms with Gasteiger partial charge >= 0.3 is 0 Å². The van der Waals surface area contributed by atoms with Crippen molar-refractivity contribution in [3.05, 3.63) is 17.0 Å². The van der Waals surface area contributed by atoms with E-state index in [1.165, 1.54) is 10.4 Å². The van der Waals surface area contributed by atoms with E-state index < -0.39 is 10.0 Å². The number of carbonyl (C=O) groups is 2. The number of morpholine rings is 1. The number of hydrogen-bond acceptors (Lipinski definition) is 6. The van der Waals surface area contributed by atoms with Crippen LogP contribution in [0.25, 0.3) is 0 Å². The lowest BCUT2D eigenvalue weighted by atomic mass is 9.93. The predicted molar refractivity (Wildman–Crippen MR) is 118 cm³/mol. The molecule has 0 aliphatic carbocycles. The summed E-state index contributed by atoms with van der Waals surface area (Å²) in [6.07, 6.45) is 3.19. The monoisotopic (exact) mass is 469 g/mol. The fraction of sp³-hybridized carbons (Fsp3) is 0.714. The maximum Gasteiger partial charge on any atom is 0.254 e. The molecule has 3 fully saturated rings. The summed E-state index contributed by atoms with van der Waals surface area (Å²) < 4.78 is 33.1. The molecule has 1 aromatic heterocycles. The van der Waals surface area contributed by atoms with E-state index in [2.05, 4.69) is 6.92 Å². The van der Waals surface area contributed by atoms with Crippen LogP contribution in [0.15, 0.2) is 15.7 Å². The van der Waals surface area contributed by atoms with Gasteiger partial charge in [-0.3, -0.25) is 9.59 Å². The zero-order chi connectivity index (χ0) is 22.0. The van der Waals surface area contributed by atoms with Gasteiger partial charge in [0.2, 0.25) is 5.91 Å². The molecule has 172 valence electrons. The van der Waals surface area contributed by atoms with Crippen molar-refractivity contribution in [3.8, 4) is 0 Å². The highest BCUT2D eigenvalue weighted by Crippen LogP contribution is 2.30. The quantitative estimate of drug-likeness (QED) is 0.672. The third-order valence-electron chi connectivity index (χ3n) is 6.61. The Hall–Kier alpha value is -1.49. The molecule has 0 radical (unpaired) electrons. The van der Waals surface area contributed by atoms with Crippen molar-refractivity contribution in [2.24, 2.45) is 11.8 Å². The van der Waals surface area contributed by atoms with Gasteiger partial charge in [-0.05, 0) is 37.7 Å². The second-order valence-corrected chi connectivity index (χ2v) is 11.8. The molecule has 3 aliphatic rings. The third kappa shape index (κ3) is 4.97. The van der Waals surface area contributed by atoms with Gasteiger partial charge in [0.05, 0.1) is 18.8 Å². The Morgan fingerprint density at radius 1 is 0.968 bits per heavy atom. The topological polar surface area (TPSA) is 87.2 Å². The van der Waals surface area contributed by atoms with Crippen LogP contribution in [0.3, 0.4) is 0 Å². The summed E-state index contributed by atoms with van der Waals surface area (Å²) in [4.78, 5) is 29.1. The first-order valence-corrected chi connectivity index (χ1v) is 13.4. The van der Waals surface area contributed by atoms with E-state index >= 15 is 0 Å². The molecule has 4 heterocycles. The molecular formula is C21H31N3O5S2. The van der Waals surface area contributed by atoms with Gasteiger partial charge in [0.15, 0.2) is 0 Å². The molecule has 3 aliphatic heterocycles. The molecule has 8 nitrogen and oxygen atoms in total. The lowest BCUT2D eigenvalue weighted by Gasteiger charge is -2.36. The Labute approximate surface area is 188 Å². The minimum Gasteiger partial charge on any atom is -0.378 e. The van der Waals surface area contributed by atoms with E-state index in [4.69, 9.17) is 4.74 Å². The van der Waals surface area contributed by atoms with Crippen LogP contribution in [0.2, 0.25) is 0 Å². The van der Waals surface area contributed by atoms with E-state index in [-0.39, 0.29) is 21.9 Å². The minimum atomic E-state index is -3.66. The van der Waals surface area contributed by atoms with E-state index in [1.807, 2.05) is 4.90 Å². The molecule has 0 unspecified atom stereocenters. The average molecular weight is 470 g/mol. The molecule has 0 bridgehead atoms. The van der Waals surface area contributed by atoms with Crippen LogP contribution in [-0.2, 0) is 19.6 Å². The Balaban J connectivity index is 1.35. The highest BCUT2D eigenvalue weighted by molar-refractivity contribution is 7.91. The highest BCUT2D eigenvalue weighted by atomic mass is 32.2. The summed E-state index contributed by atoms with van der Waals surface area (Å²) in [7, 11) is -3.66. The van der Waals surface area contributed by atoms with Gasteiger partial charge in [0.25, 0.3) is 15.9 Å². The molecule has 0 spiro atoms. The molecule has 4 rings (SSSR count). The lowest BCUT2D eigenvalue weighted by Crippen LogP contribution is -2.46. The van der Waals surface area contributed by atoms with Crippen molar-refractivity contribution in [2.75, 3.05) is 52.5 Å². The van der Waals surface area contributed by atoms with Crippen molar-refractivity contribution < 1.29 is 22.7 Å². The Morgan fingerprint density at radius 2 is 1.61 bits per heavy atom. The van der Waals surface area contributed by atoms with E-state index in [1.54, 1.807) is 10.3 Å². The third-order valence-corrected chi connectivity index (χ3v) is 9.93. The summed E-state index contributed by atoms with van der Waals surface area (Å²) in [5.74, 6) is 0.600. The Kier molecular flexibility index (Phi) is 7.00.